The Balaban J connectivity index is 1.55. The Morgan fingerprint density at radius 1 is 1.06 bits per heavy atom. The van der Waals surface area contributed by atoms with Crippen LogP contribution in [0.25, 0.3) is 11.1 Å². The van der Waals surface area contributed by atoms with Gasteiger partial charge in [-0.15, -0.1) is 0 Å². The minimum Gasteiger partial charge on any atom is -0.480 e. The lowest BCUT2D eigenvalue weighted by Crippen LogP contribution is -2.50. The van der Waals surface area contributed by atoms with Crippen molar-refractivity contribution in [2.75, 3.05) is 25.2 Å². The average molecular weight is 471 g/mol. The van der Waals surface area contributed by atoms with E-state index in [4.69, 9.17) is 4.74 Å². The van der Waals surface area contributed by atoms with Gasteiger partial charge in [0.15, 0.2) is 0 Å². The van der Waals surface area contributed by atoms with Gasteiger partial charge in [-0.3, -0.25) is 4.79 Å². The van der Waals surface area contributed by atoms with Crippen molar-refractivity contribution < 1.29 is 24.2 Å². The van der Waals surface area contributed by atoms with Crippen LogP contribution in [0, 0.1) is 5.41 Å². The lowest BCUT2D eigenvalue weighted by atomic mass is 9.91. The smallest absolute Gasteiger partial charge is 0.407 e. The van der Waals surface area contributed by atoms with Crippen molar-refractivity contribution in [2.24, 2.45) is 5.41 Å². The van der Waals surface area contributed by atoms with Crippen LogP contribution in [-0.2, 0) is 14.3 Å². The monoisotopic (exact) mass is 470 g/mol. The normalized spacial score (nSPS) is 13.5. The van der Waals surface area contributed by atoms with Crippen LogP contribution in [0.3, 0.4) is 0 Å². The molecule has 2 amide bonds. The summed E-state index contributed by atoms with van der Waals surface area (Å²) in [5.74, 6) is -0.935. The molecule has 0 radical (unpaired) electrons. The SMILES string of the molecule is CSCCC(NC(=O)C(C)(C)CNC(=O)OCC1c2ccccc2-c2ccccc21)C(=O)O. The number of ether oxygens (including phenoxy) is 1. The van der Waals surface area contributed by atoms with Gasteiger partial charge in [0.2, 0.25) is 5.91 Å². The van der Waals surface area contributed by atoms with Crippen LogP contribution < -0.4 is 10.6 Å². The average Bonchev–Trinajstić information content (AvgIpc) is 3.12. The van der Waals surface area contributed by atoms with Gasteiger partial charge in [-0.25, -0.2) is 9.59 Å². The van der Waals surface area contributed by atoms with E-state index in [1.165, 1.54) is 11.8 Å². The standard InChI is InChI=1S/C25H30N2O5S/c1-25(2,23(30)27-21(22(28)29)12-13-33-3)15-26-24(31)32-14-20-18-10-6-4-8-16(18)17-9-5-7-11-19(17)20/h4-11,20-21H,12-15H2,1-3H3,(H,26,31)(H,27,30)(H,28,29). The molecule has 1 atom stereocenters. The zero-order chi connectivity index (χ0) is 24.0. The Bertz CT molecular complexity index is 978. The molecule has 8 heteroatoms. The summed E-state index contributed by atoms with van der Waals surface area (Å²) >= 11 is 1.52. The molecule has 1 aliphatic rings. The van der Waals surface area contributed by atoms with Crippen LogP contribution in [0.5, 0.6) is 0 Å². The molecule has 3 rings (SSSR count). The van der Waals surface area contributed by atoms with E-state index in [-0.39, 0.29) is 19.1 Å². The first-order valence-corrected chi connectivity index (χ1v) is 12.3. The lowest BCUT2D eigenvalue weighted by Gasteiger charge is -2.26. The molecular weight excluding hydrogens is 440 g/mol. The van der Waals surface area contributed by atoms with Gasteiger partial charge < -0.3 is 20.5 Å². The van der Waals surface area contributed by atoms with Gasteiger partial charge in [0, 0.05) is 12.5 Å². The van der Waals surface area contributed by atoms with E-state index in [1.807, 2.05) is 42.7 Å². The van der Waals surface area contributed by atoms with Gasteiger partial charge in [0.1, 0.15) is 12.6 Å². The number of carbonyl (C=O) groups is 3. The highest BCUT2D eigenvalue weighted by Crippen LogP contribution is 2.44. The number of carboxylic acid groups (broad SMARTS) is 1. The van der Waals surface area contributed by atoms with Crippen LogP contribution in [0.4, 0.5) is 4.79 Å². The molecule has 1 aliphatic carbocycles. The van der Waals surface area contributed by atoms with Crippen LogP contribution >= 0.6 is 11.8 Å². The maximum Gasteiger partial charge on any atom is 0.407 e. The largest absolute Gasteiger partial charge is 0.480 e. The quantitative estimate of drug-likeness (QED) is 0.487. The molecule has 0 fully saturated rings. The predicted molar refractivity (Wildman–Crippen MR) is 129 cm³/mol. The molecule has 33 heavy (non-hydrogen) atoms. The van der Waals surface area contributed by atoms with E-state index < -0.39 is 29.4 Å². The first kappa shape index (κ1) is 24.6. The number of alkyl carbamates (subject to hydrolysis) is 1. The fourth-order valence-corrected chi connectivity index (χ4v) is 4.34. The number of hydrogen-bond acceptors (Lipinski definition) is 5. The van der Waals surface area contributed by atoms with Crippen molar-refractivity contribution in [1.29, 1.82) is 0 Å². The third-order valence-corrected chi connectivity index (χ3v) is 6.49. The van der Waals surface area contributed by atoms with E-state index in [0.29, 0.717) is 12.2 Å². The number of carbonyl (C=O) groups excluding carboxylic acids is 2. The summed E-state index contributed by atoms with van der Waals surface area (Å²) < 4.78 is 5.51. The highest BCUT2D eigenvalue weighted by Gasteiger charge is 2.33. The third kappa shape index (κ3) is 5.87. The van der Waals surface area contributed by atoms with Gasteiger partial charge in [-0.1, -0.05) is 48.5 Å². The number of amides is 2. The predicted octanol–water partition coefficient (Wildman–Crippen LogP) is 3.87. The summed E-state index contributed by atoms with van der Waals surface area (Å²) in [6.07, 6.45) is 1.59. The van der Waals surface area contributed by atoms with Crippen LogP contribution in [-0.4, -0.2) is 54.3 Å². The van der Waals surface area contributed by atoms with Gasteiger partial charge in [0.05, 0.1) is 5.41 Å². The Kier molecular flexibility index (Phi) is 8.02. The lowest BCUT2D eigenvalue weighted by molar-refractivity contribution is -0.143. The van der Waals surface area contributed by atoms with Crippen molar-refractivity contribution in [3.05, 3.63) is 59.7 Å². The number of rotatable bonds is 10. The molecule has 1 unspecified atom stereocenters. The first-order valence-electron chi connectivity index (χ1n) is 10.9. The first-order chi connectivity index (χ1) is 15.7. The highest BCUT2D eigenvalue weighted by molar-refractivity contribution is 7.98. The minimum absolute atomic E-state index is 0.0182. The third-order valence-electron chi connectivity index (χ3n) is 5.85. The molecule has 0 aromatic heterocycles. The molecule has 0 aliphatic heterocycles. The summed E-state index contributed by atoms with van der Waals surface area (Å²) in [6, 6.07) is 15.2. The summed E-state index contributed by atoms with van der Waals surface area (Å²) in [5.41, 5.74) is 3.54. The van der Waals surface area contributed by atoms with E-state index in [9.17, 15) is 19.5 Å². The summed E-state index contributed by atoms with van der Waals surface area (Å²) in [7, 11) is 0. The molecule has 2 aromatic carbocycles. The second kappa shape index (κ2) is 10.7. The molecule has 2 aromatic rings. The van der Waals surface area contributed by atoms with Gasteiger partial charge >= 0.3 is 12.1 Å². The summed E-state index contributed by atoms with van der Waals surface area (Å²) in [5, 5.41) is 14.6. The molecule has 0 saturated carbocycles. The van der Waals surface area contributed by atoms with Crippen molar-refractivity contribution in [3.63, 3.8) is 0 Å². The molecule has 0 bridgehead atoms. The highest BCUT2D eigenvalue weighted by atomic mass is 32.2. The summed E-state index contributed by atoms with van der Waals surface area (Å²) in [4.78, 5) is 36.4. The molecule has 0 saturated heterocycles. The second-order valence-corrected chi connectivity index (χ2v) is 9.69. The van der Waals surface area contributed by atoms with Crippen LogP contribution in [0.15, 0.2) is 48.5 Å². The number of hydrogen-bond donors (Lipinski definition) is 3. The maximum absolute atomic E-state index is 12.6. The van der Waals surface area contributed by atoms with Crippen molar-refractivity contribution in [1.82, 2.24) is 10.6 Å². The van der Waals surface area contributed by atoms with Crippen LogP contribution in [0.2, 0.25) is 0 Å². The van der Waals surface area contributed by atoms with Gasteiger partial charge in [0.25, 0.3) is 0 Å². The van der Waals surface area contributed by atoms with Gasteiger partial charge in [-0.2, -0.15) is 11.8 Å². The maximum atomic E-state index is 12.6. The van der Waals surface area contributed by atoms with Gasteiger partial charge in [-0.05, 0) is 54.5 Å². The number of thioether (sulfide) groups is 1. The number of nitrogens with one attached hydrogen (secondary N) is 2. The summed E-state index contributed by atoms with van der Waals surface area (Å²) in [6.45, 7) is 3.51. The zero-order valence-corrected chi connectivity index (χ0v) is 19.9. The molecular formula is C25H30N2O5S. The van der Waals surface area contributed by atoms with E-state index in [1.54, 1.807) is 13.8 Å². The molecule has 176 valence electrons. The number of carboxylic acids is 1. The fourth-order valence-electron chi connectivity index (χ4n) is 3.87. The van der Waals surface area contributed by atoms with Crippen molar-refractivity contribution in [2.45, 2.75) is 32.2 Å². The van der Waals surface area contributed by atoms with E-state index in [2.05, 4.69) is 22.8 Å². The Morgan fingerprint density at radius 3 is 2.18 bits per heavy atom. The minimum atomic E-state index is -1.07. The zero-order valence-electron chi connectivity index (χ0n) is 19.1. The molecule has 7 nitrogen and oxygen atoms in total. The van der Waals surface area contributed by atoms with E-state index in [0.717, 1.165) is 22.3 Å². The van der Waals surface area contributed by atoms with Crippen molar-refractivity contribution in [3.8, 4) is 11.1 Å². The number of benzene rings is 2. The van der Waals surface area contributed by atoms with Crippen molar-refractivity contribution >= 4 is 29.7 Å². The van der Waals surface area contributed by atoms with Crippen LogP contribution in [0.1, 0.15) is 37.3 Å². The topological polar surface area (TPSA) is 105 Å². The number of fused-ring (bicyclic) bond motifs is 3. The second-order valence-electron chi connectivity index (χ2n) is 8.71. The number of aliphatic carboxylic acids is 1. The molecule has 0 heterocycles. The Hall–Kier alpha value is -3.00. The Labute approximate surface area is 198 Å². The molecule has 3 N–H and O–H groups in total. The fraction of sp³-hybridized carbons (Fsp3) is 0.400. The Morgan fingerprint density at radius 2 is 1.64 bits per heavy atom. The molecule has 0 spiro atoms. The van der Waals surface area contributed by atoms with E-state index >= 15 is 0 Å².